The number of aliphatic carboxylic acids is 1. The maximum absolute atomic E-state index is 13.3. The first kappa shape index (κ1) is 39.7. The second-order valence-electron chi connectivity index (χ2n) is 12.1. The highest BCUT2D eigenvalue weighted by Crippen LogP contribution is 2.30. The van der Waals surface area contributed by atoms with E-state index in [1.165, 1.54) is 11.0 Å². The molecule has 1 aromatic rings. The van der Waals surface area contributed by atoms with Gasteiger partial charge in [-0.3, -0.25) is 24.1 Å². The van der Waals surface area contributed by atoms with E-state index in [0.717, 1.165) is 4.90 Å². The zero-order valence-electron chi connectivity index (χ0n) is 27.5. The number of hydrogen-bond donors (Lipinski definition) is 7. The van der Waals surface area contributed by atoms with Gasteiger partial charge in [0.2, 0.25) is 29.9 Å². The van der Waals surface area contributed by atoms with Gasteiger partial charge in [-0.05, 0) is 49.4 Å². The van der Waals surface area contributed by atoms with E-state index in [0.29, 0.717) is 42.6 Å². The lowest BCUT2D eigenvalue weighted by molar-refractivity contribution is -0.271. The summed E-state index contributed by atoms with van der Waals surface area (Å²) in [5, 5.41) is 42.6. The Balaban J connectivity index is 1.32. The number of aryl methyl sites for hydroxylation is 1. The molecule has 3 unspecified atom stereocenters. The molecule has 20 heteroatoms. The van der Waals surface area contributed by atoms with E-state index < -0.39 is 78.5 Å². The molecule has 3 aliphatic rings. The van der Waals surface area contributed by atoms with Crippen LogP contribution in [0.15, 0.2) is 18.2 Å². The number of likely N-dealkylation sites (tertiary alicyclic amines) is 2. The summed E-state index contributed by atoms with van der Waals surface area (Å²) in [6.07, 6.45) is -8.62. The van der Waals surface area contributed by atoms with Gasteiger partial charge in [-0.1, -0.05) is 12.1 Å². The smallest absolute Gasteiger partial charge is 0.404 e. The molecule has 0 spiro atoms. The fraction of sp³-hybridized carbons (Fsp3) is 0.613. The second-order valence-corrected chi connectivity index (χ2v) is 12.8. The molecule has 19 nitrogen and oxygen atoms in total. The van der Waals surface area contributed by atoms with Gasteiger partial charge >= 0.3 is 12.1 Å². The van der Waals surface area contributed by atoms with Gasteiger partial charge in [0.05, 0.1) is 25.8 Å². The van der Waals surface area contributed by atoms with Gasteiger partial charge in [-0.2, -0.15) is 0 Å². The summed E-state index contributed by atoms with van der Waals surface area (Å²) in [7, 11) is 0. The third-order valence-electron chi connectivity index (χ3n) is 8.62. The molecular weight excluding hydrogens is 700 g/mol. The van der Waals surface area contributed by atoms with Crippen molar-refractivity contribution >= 4 is 47.7 Å². The van der Waals surface area contributed by atoms with E-state index in [2.05, 4.69) is 5.32 Å². The molecular formula is C31H42N4O15S. The monoisotopic (exact) mass is 742 g/mol. The number of ether oxygens (including phenoxy) is 4. The Hall–Kier alpha value is -4.05. The van der Waals surface area contributed by atoms with Gasteiger partial charge in [-0.25, -0.2) is 9.59 Å². The number of nitrogens with two attached hydrogens (primary N) is 1. The van der Waals surface area contributed by atoms with Crippen LogP contribution >= 0.6 is 12.0 Å². The fourth-order valence-electron chi connectivity index (χ4n) is 5.99. The molecule has 3 fully saturated rings. The van der Waals surface area contributed by atoms with Crippen molar-refractivity contribution < 1.29 is 72.7 Å². The van der Waals surface area contributed by atoms with Crippen LogP contribution in [0.3, 0.4) is 0 Å². The van der Waals surface area contributed by atoms with E-state index in [1.54, 1.807) is 12.1 Å². The third kappa shape index (κ3) is 10.3. The van der Waals surface area contributed by atoms with Gasteiger partial charge in [0.1, 0.15) is 36.7 Å². The van der Waals surface area contributed by atoms with Gasteiger partial charge in [0, 0.05) is 30.7 Å². The summed E-state index contributed by atoms with van der Waals surface area (Å²) in [5.74, 6) is -3.09. The van der Waals surface area contributed by atoms with E-state index in [9.17, 15) is 49.2 Å². The molecule has 3 saturated heterocycles. The number of nitrogens with one attached hydrogen (secondary N) is 1. The Morgan fingerprint density at radius 2 is 1.76 bits per heavy atom. The minimum Gasteiger partial charge on any atom is -0.479 e. The Kier molecular flexibility index (Phi) is 14.4. The van der Waals surface area contributed by atoms with Crippen LogP contribution in [0, 0.1) is 0 Å². The lowest BCUT2D eigenvalue weighted by Gasteiger charge is -2.38. The van der Waals surface area contributed by atoms with Gasteiger partial charge in [-0.15, -0.1) is 0 Å². The number of rotatable bonds is 18. The number of amides is 5. The molecule has 282 valence electrons. The fourth-order valence-corrected chi connectivity index (χ4v) is 6.19. The largest absolute Gasteiger partial charge is 0.479 e. The van der Waals surface area contributed by atoms with Crippen molar-refractivity contribution in [1.82, 2.24) is 15.1 Å². The third-order valence-corrected chi connectivity index (χ3v) is 8.97. The number of primary amides is 1. The highest BCUT2D eigenvalue weighted by atomic mass is 32.2. The van der Waals surface area contributed by atoms with Crippen molar-refractivity contribution in [2.75, 3.05) is 32.1 Å². The first-order valence-corrected chi connectivity index (χ1v) is 17.2. The van der Waals surface area contributed by atoms with Crippen molar-refractivity contribution in [1.29, 1.82) is 0 Å². The number of carbonyl (C=O) groups excluding carboxylic acids is 5. The molecule has 0 radical (unpaired) electrons. The summed E-state index contributed by atoms with van der Waals surface area (Å²) in [6.45, 7) is -0.153. The maximum Gasteiger partial charge on any atom is 0.404 e. The van der Waals surface area contributed by atoms with E-state index in [1.807, 2.05) is 0 Å². The van der Waals surface area contributed by atoms with E-state index in [-0.39, 0.29) is 63.5 Å². The van der Waals surface area contributed by atoms with Crippen LogP contribution in [-0.2, 0) is 51.2 Å². The zero-order chi connectivity index (χ0) is 37.2. The first-order valence-electron chi connectivity index (χ1n) is 16.2. The van der Waals surface area contributed by atoms with E-state index in [4.69, 9.17) is 29.2 Å². The number of carboxylic acids is 1. The van der Waals surface area contributed by atoms with Gasteiger partial charge in [0.25, 0.3) is 0 Å². The maximum atomic E-state index is 13.3. The SMILES string of the molecule is NC(=O)OCc1ccc(CCCCNC(=O)CN2C(=O)[C@@H](N3C(=O)CCC3=O)C[C@H]2COCCSO)cc1OC1OC(C(=O)O)[C@@H](O)C(O)[C@H]1O. The summed E-state index contributed by atoms with van der Waals surface area (Å²) in [4.78, 5) is 75.8. The number of benzene rings is 1. The molecule has 5 amide bonds. The molecule has 1 aromatic carbocycles. The zero-order valence-corrected chi connectivity index (χ0v) is 28.3. The average Bonchev–Trinajstić information content (AvgIpc) is 3.57. The molecule has 7 atom stereocenters. The molecule has 0 aliphatic carbocycles. The molecule has 51 heavy (non-hydrogen) atoms. The molecule has 0 bridgehead atoms. The minimum absolute atomic E-state index is 0.0263. The van der Waals surface area contributed by atoms with Crippen molar-refractivity contribution in [3.63, 3.8) is 0 Å². The van der Waals surface area contributed by atoms with Crippen molar-refractivity contribution in [2.45, 2.75) is 87.9 Å². The normalized spacial score (nSPS) is 26.4. The highest BCUT2D eigenvalue weighted by Gasteiger charge is 2.49. The second kappa shape index (κ2) is 18.4. The minimum atomic E-state index is -1.92. The average molecular weight is 743 g/mol. The van der Waals surface area contributed by atoms with Gasteiger partial charge in [0.15, 0.2) is 6.10 Å². The Bertz CT molecular complexity index is 1430. The van der Waals surface area contributed by atoms with Crippen molar-refractivity contribution in [2.24, 2.45) is 5.73 Å². The molecule has 3 aliphatic heterocycles. The van der Waals surface area contributed by atoms with Crippen LogP contribution in [0.1, 0.15) is 43.2 Å². The molecule has 8 N–H and O–H groups in total. The molecule has 4 rings (SSSR count). The Labute approximate surface area is 296 Å². The first-order chi connectivity index (χ1) is 24.3. The van der Waals surface area contributed by atoms with Gasteiger partial charge < -0.3 is 59.9 Å². The standard InChI is InChI=1S/C31H42N4O15S/c32-31(45)48-14-17-5-4-16(11-20(17)49-30-26(41)24(39)25(40)27(50-30)29(43)44)3-1-2-8-33-21(36)13-34-18(15-47-9-10-51-46)12-19(28(34)42)35-22(37)6-7-23(35)38/h4-5,11,18-19,24-27,30,39-41,46H,1-3,6-10,12-15H2,(H2,32,45)(H,33,36)(H,43,44)/t18-,19-,24?,25-,26+,27?,30?/m0/s1. The molecule has 0 saturated carbocycles. The molecule has 3 heterocycles. The highest BCUT2D eigenvalue weighted by molar-refractivity contribution is 7.93. The number of aliphatic hydroxyl groups is 3. The predicted octanol–water partition coefficient (Wildman–Crippen LogP) is -1.67. The number of carboxylic acid groups (broad SMARTS) is 1. The number of hydrogen-bond acceptors (Lipinski definition) is 15. The quantitative estimate of drug-likeness (QED) is 0.0503. The van der Waals surface area contributed by atoms with Crippen LogP contribution in [0.25, 0.3) is 0 Å². The predicted molar refractivity (Wildman–Crippen MR) is 173 cm³/mol. The molecule has 0 aromatic heterocycles. The van der Waals surface area contributed by atoms with Crippen molar-refractivity contribution in [3.05, 3.63) is 29.3 Å². The topological polar surface area (TPSA) is 285 Å². The number of carbonyl (C=O) groups is 6. The lowest BCUT2D eigenvalue weighted by Crippen LogP contribution is -2.61. The number of aliphatic hydroxyl groups excluding tert-OH is 3. The summed E-state index contributed by atoms with van der Waals surface area (Å²) in [5.41, 5.74) is 6.05. The summed E-state index contributed by atoms with van der Waals surface area (Å²) in [6, 6.07) is 3.22. The summed E-state index contributed by atoms with van der Waals surface area (Å²) >= 11 is 0.600. The summed E-state index contributed by atoms with van der Waals surface area (Å²) < 4.78 is 30.3. The van der Waals surface area contributed by atoms with Crippen LogP contribution < -0.4 is 15.8 Å². The van der Waals surface area contributed by atoms with Crippen LogP contribution in [0.4, 0.5) is 4.79 Å². The lowest BCUT2D eigenvalue weighted by atomic mass is 9.99. The number of nitrogens with zero attached hydrogens (tertiary/aromatic N) is 2. The van der Waals surface area contributed by atoms with Crippen LogP contribution in [0.2, 0.25) is 0 Å². The van der Waals surface area contributed by atoms with E-state index >= 15 is 0 Å². The Morgan fingerprint density at radius 3 is 2.43 bits per heavy atom. The van der Waals surface area contributed by atoms with Crippen molar-refractivity contribution in [3.8, 4) is 5.75 Å². The number of imide groups is 1. The van der Waals surface area contributed by atoms with Crippen LogP contribution in [-0.4, -0.2) is 145 Å². The van der Waals surface area contributed by atoms with Crippen LogP contribution in [0.5, 0.6) is 5.75 Å². The Morgan fingerprint density at radius 1 is 1.04 bits per heavy atom. The number of unbranched alkanes of at least 4 members (excludes halogenated alkanes) is 1.